The highest BCUT2D eigenvalue weighted by atomic mass is 32.1. The summed E-state index contributed by atoms with van der Waals surface area (Å²) in [6, 6.07) is 4.00. The van der Waals surface area contributed by atoms with Gasteiger partial charge in [0.2, 0.25) is 0 Å². The third-order valence-electron chi connectivity index (χ3n) is 1.79. The fourth-order valence-corrected chi connectivity index (χ4v) is 2.21. The third-order valence-corrected chi connectivity index (χ3v) is 2.81. The second-order valence-electron chi connectivity index (χ2n) is 2.51. The van der Waals surface area contributed by atoms with Crippen molar-refractivity contribution < 1.29 is 0 Å². The zero-order valence-corrected chi connectivity index (χ0v) is 6.95. The Labute approximate surface area is 72.3 Å². The Morgan fingerprint density at radius 2 is 2.25 bits per heavy atom. The highest BCUT2D eigenvalue weighted by molar-refractivity contribution is 7.23. The second kappa shape index (κ2) is 2.04. The van der Waals surface area contributed by atoms with Crippen LogP contribution in [0.1, 0.15) is 0 Å². The van der Waals surface area contributed by atoms with E-state index in [1.54, 1.807) is 23.7 Å². The number of rotatable bonds is 0. The van der Waals surface area contributed by atoms with Crippen molar-refractivity contribution in [2.75, 3.05) is 0 Å². The summed E-state index contributed by atoms with van der Waals surface area (Å²) in [5.74, 6) is 0. The van der Waals surface area contributed by atoms with Crippen molar-refractivity contribution in [1.82, 2.24) is 14.4 Å². The Hall–Kier alpha value is -1.42. The van der Waals surface area contributed by atoms with Gasteiger partial charge in [0.15, 0.2) is 10.6 Å². The van der Waals surface area contributed by atoms with Crippen molar-refractivity contribution in [2.45, 2.75) is 0 Å². The van der Waals surface area contributed by atoms with E-state index in [1.165, 1.54) is 4.70 Å². The van der Waals surface area contributed by atoms with E-state index in [4.69, 9.17) is 0 Å². The van der Waals surface area contributed by atoms with Gasteiger partial charge in [-0.05, 0) is 12.1 Å². The summed E-state index contributed by atoms with van der Waals surface area (Å²) in [5.41, 5.74) is 0.995. The molecule has 3 aromatic heterocycles. The van der Waals surface area contributed by atoms with Gasteiger partial charge < -0.3 is 0 Å². The first-order valence-corrected chi connectivity index (χ1v) is 4.43. The normalized spacial score (nSPS) is 11.3. The van der Waals surface area contributed by atoms with Crippen LogP contribution in [0.5, 0.6) is 0 Å². The van der Waals surface area contributed by atoms with Gasteiger partial charge in [0.05, 0.1) is 4.70 Å². The molecule has 0 amide bonds. The number of hydrogen-bond donors (Lipinski definition) is 0. The molecule has 0 aliphatic heterocycles. The topological polar surface area (TPSA) is 30.2 Å². The van der Waals surface area contributed by atoms with E-state index in [0.717, 1.165) is 10.6 Å². The lowest BCUT2D eigenvalue weighted by Gasteiger charge is -1.85. The molecule has 0 aliphatic carbocycles. The van der Waals surface area contributed by atoms with Crippen LogP contribution in [0.4, 0.5) is 0 Å². The van der Waals surface area contributed by atoms with E-state index in [9.17, 15) is 0 Å². The molecule has 58 valence electrons. The Morgan fingerprint density at radius 3 is 3.25 bits per heavy atom. The lowest BCUT2D eigenvalue weighted by atomic mass is 10.5. The van der Waals surface area contributed by atoms with E-state index in [0.29, 0.717) is 0 Å². The first-order chi connectivity index (χ1) is 5.95. The Kier molecular flexibility index (Phi) is 1.04. The van der Waals surface area contributed by atoms with Gasteiger partial charge in [0.1, 0.15) is 0 Å². The number of hydrogen-bond acceptors (Lipinski definition) is 3. The zero-order chi connectivity index (χ0) is 7.97. The van der Waals surface area contributed by atoms with Crippen molar-refractivity contribution in [3.8, 4) is 0 Å². The molecule has 0 saturated carbocycles. The van der Waals surface area contributed by atoms with Crippen molar-refractivity contribution in [3.05, 3.63) is 30.7 Å². The van der Waals surface area contributed by atoms with Crippen LogP contribution in [-0.4, -0.2) is 14.4 Å². The molecule has 0 spiro atoms. The highest BCUT2D eigenvalue weighted by Crippen LogP contribution is 2.22. The largest absolute Gasteiger partial charge is 0.274 e. The fraction of sp³-hybridized carbons (Fsp3) is 0. The van der Waals surface area contributed by atoms with Crippen LogP contribution in [0, 0.1) is 0 Å². The number of aromatic nitrogens is 3. The fourth-order valence-electron chi connectivity index (χ4n) is 1.27. The summed E-state index contributed by atoms with van der Waals surface area (Å²) in [6.45, 7) is 0. The molecule has 0 atom stereocenters. The minimum Gasteiger partial charge on any atom is -0.274 e. The van der Waals surface area contributed by atoms with Crippen LogP contribution in [0.25, 0.3) is 15.3 Å². The molecule has 4 heteroatoms. The van der Waals surface area contributed by atoms with Crippen LogP contribution >= 0.6 is 11.3 Å². The van der Waals surface area contributed by atoms with Gasteiger partial charge in [-0.25, -0.2) is 9.97 Å². The van der Waals surface area contributed by atoms with Crippen molar-refractivity contribution in [2.24, 2.45) is 0 Å². The first kappa shape index (κ1) is 6.14. The van der Waals surface area contributed by atoms with Gasteiger partial charge in [-0.2, -0.15) is 0 Å². The monoisotopic (exact) mass is 175 g/mol. The van der Waals surface area contributed by atoms with Crippen LogP contribution in [0.15, 0.2) is 30.7 Å². The molecule has 0 unspecified atom stereocenters. The molecule has 0 fully saturated rings. The smallest absolute Gasteiger partial charge is 0.195 e. The minimum atomic E-state index is 0.995. The molecule has 12 heavy (non-hydrogen) atoms. The molecule has 0 N–H and O–H groups in total. The van der Waals surface area contributed by atoms with Crippen LogP contribution in [0.3, 0.4) is 0 Å². The van der Waals surface area contributed by atoms with Crippen molar-refractivity contribution in [3.63, 3.8) is 0 Å². The highest BCUT2D eigenvalue weighted by Gasteiger charge is 2.03. The molecular weight excluding hydrogens is 170 g/mol. The summed E-state index contributed by atoms with van der Waals surface area (Å²) in [5, 5.41) is 0. The number of imidazole rings is 1. The molecule has 0 saturated heterocycles. The average molecular weight is 175 g/mol. The van der Waals surface area contributed by atoms with Crippen LogP contribution in [-0.2, 0) is 0 Å². The molecule has 3 heterocycles. The first-order valence-electron chi connectivity index (χ1n) is 3.62. The average Bonchev–Trinajstić information content (AvgIpc) is 2.62. The maximum Gasteiger partial charge on any atom is 0.195 e. The van der Waals surface area contributed by atoms with Gasteiger partial charge in [0.25, 0.3) is 0 Å². The summed E-state index contributed by atoms with van der Waals surface area (Å²) in [6.07, 6.45) is 5.52. The van der Waals surface area contributed by atoms with E-state index in [1.807, 2.05) is 16.7 Å². The molecule has 0 bridgehead atoms. The lowest BCUT2D eigenvalue weighted by Crippen LogP contribution is -1.79. The number of thiazole rings is 1. The predicted molar refractivity (Wildman–Crippen MR) is 48.4 cm³/mol. The summed E-state index contributed by atoms with van der Waals surface area (Å²) < 4.78 is 3.18. The third kappa shape index (κ3) is 0.648. The number of nitrogens with zero attached hydrogens (tertiary/aromatic N) is 3. The predicted octanol–water partition coefficient (Wildman–Crippen LogP) is 1.94. The van der Waals surface area contributed by atoms with Gasteiger partial charge in [0, 0.05) is 18.6 Å². The van der Waals surface area contributed by atoms with E-state index >= 15 is 0 Å². The second-order valence-corrected chi connectivity index (χ2v) is 3.52. The Bertz CT molecular complexity index is 536. The summed E-state index contributed by atoms with van der Waals surface area (Å²) in [4.78, 5) is 9.48. The van der Waals surface area contributed by atoms with Gasteiger partial charge in [-0.1, -0.05) is 11.3 Å². The molecule has 0 aromatic carbocycles. The number of fused-ring (bicyclic) bond motifs is 3. The molecule has 0 aliphatic rings. The molecular formula is C8H5N3S. The molecule has 3 aromatic rings. The zero-order valence-electron chi connectivity index (χ0n) is 6.14. The summed E-state index contributed by atoms with van der Waals surface area (Å²) >= 11 is 1.66. The van der Waals surface area contributed by atoms with Crippen LogP contribution < -0.4 is 0 Å². The van der Waals surface area contributed by atoms with E-state index in [-0.39, 0.29) is 0 Å². The van der Waals surface area contributed by atoms with Crippen molar-refractivity contribution in [1.29, 1.82) is 0 Å². The SMILES string of the molecule is c1cnc2c(c1)sc1nccn12. The maximum atomic E-state index is 4.27. The standard InChI is InChI=1S/C8H5N3S/c1-2-6-7(9-3-1)11-5-4-10-8(11)12-6/h1-5H. The quantitative estimate of drug-likeness (QED) is 0.522. The number of pyridine rings is 1. The summed E-state index contributed by atoms with van der Waals surface area (Å²) in [7, 11) is 0. The molecule has 0 radical (unpaired) electrons. The van der Waals surface area contributed by atoms with E-state index < -0.39 is 0 Å². The maximum absolute atomic E-state index is 4.27. The lowest BCUT2D eigenvalue weighted by molar-refractivity contribution is 1.22. The van der Waals surface area contributed by atoms with Gasteiger partial charge >= 0.3 is 0 Å². The Balaban J connectivity index is 2.68. The van der Waals surface area contributed by atoms with Gasteiger partial charge in [-0.3, -0.25) is 4.40 Å². The van der Waals surface area contributed by atoms with Crippen LogP contribution in [0.2, 0.25) is 0 Å². The van der Waals surface area contributed by atoms with Crippen molar-refractivity contribution >= 4 is 26.6 Å². The molecule has 3 rings (SSSR count). The molecule has 3 nitrogen and oxygen atoms in total. The van der Waals surface area contributed by atoms with Gasteiger partial charge in [-0.15, -0.1) is 0 Å². The van der Waals surface area contributed by atoms with E-state index in [2.05, 4.69) is 16.0 Å². The minimum absolute atomic E-state index is 0.995. The Morgan fingerprint density at radius 1 is 1.25 bits per heavy atom.